The third-order valence-electron chi connectivity index (χ3n) is 1.46. The second kappa shape index (κ2) is 6.71. The molecule has 2 nitrogen and oxygen atoms in total. The van der Waals surface area contributed by atoms with Crippen LogP contribution >= 0.6 is 0 Å². The molecule has 0 unspecified atom stereocenters. The summed E-state index contributed by atoms with van der Waals surface area (Å²) in [6, 6.07) is 0. The van der Waals surface area contributed by atoms with Gasteiger partial charge in [0.2, 0.25) is 0 Å². The van der Waals surface area contributed by atoms with Crippen LogP contribution in [0.4, 0.5) is 0 Å². The van der Waals surface area contributed by atoms with E-state index in [9.17, 15) is 0 Å². The first-order valence-corrected chi connectivity index (χ1v) is 3.36. The van der Waals surface area contributed by atoms with Crippen LogP contribution in [0.15, 0.2) is 12.4 Å². The van der Waals surface area contributed by atoms with Crippen LogP contribution in [0, 0.1) is 0 Å². The van der Waals surface area contributed by atoms with Crippen LogP contribution in [0.5, 0.6) is 0 Å². The van der Waals surface area contributed by atoms with Crippen molar-refractivity contribution in [1.82, 2.24) is 4.98 Å². The van der Waals surface area contributed by atoms with Gasteiger partial charge >= 0.3 is 0 Å². The molecule has 1 N–H and O–H groups in total. The fourth-order valence-corrected chi connectivity index (χ4v) is 0.922. The molecule has 11 heavy (non-hydrogen) atoms. The number of nitrogens with one attached hydrogen (secondary N) is 1. The van der Waals surface area contributed by atoms with Crippen LogP contribution in [0.25, 0.3) is 0 Å². The average molecular weight is 224 g/mol. The van der Waals surface area contributed by atoms with Crippen molar-refractivity contribution in [1.29, 1.82) is 0 Å². The maximum Gasteiger partial charge on any atom is 0.253 e. The van der Waals surface area contributed by atoms with Crippen molar-refractivity contribution in [2.45, 2.75) is 19.8 Å². The zero-order chi connectivity index (χ0) is 6.69. The number of halogens is 1. The Morgan fingerprint density at radius 3 is 2.55 bits per heavy atom. The largest absolute Gasteiger partial charge is 1.00 e. The van der Waals surface area contributed by atoms with Gasteiger partial charge in [0.15, 0.2) is 0 Å². The van der Waals surface area contributed by atoms with Crippen LogP contribution in [-0.2, 0) is 30.5 Å². The number of H-pyrrole nitrogens is 1. The Kier molecular flexibility index (Phi) is 8.30. The van der Waals surface area contributed by atoms with E-state index >= 15 is 0 Å². The van der Waals surface area contributed by atoms with E-state index in [0.717, 1.165) is 6.42 Å². The first kappa shape index (κ1) is 13.6. The molecule has 0 bridgehead atoms. The molecular weight excluding hydrogens is 211 g/mol. The molecule has 69 valence electrons. The molecule has 0 aliphatic carbocycles. The van der Waals surface area contributed by atoms with E-state index in [1.54, 1.807) is 0 Å². The number of nitrogens with zero attached hydrogens (tertiary/aromatic N) is 1. The quantitative estimate of drug-likeness (QED) is 0.434. The van der Waals surface area contributed by atoms with E-state index in [1.807, 2.05) is 12.4 Å². The van der Waals surface area contributed by atoms with Crippen molar-refractivity contribution in [3.05, 3.63) is 18.2 Å². The van der Waals surface area contributed by atoms with Crippen molar-refractivity contribution >= 4 is 0 Å². The standard InChI is InChI=1S/C7H12N2.ClH.Cu/c1-3-4-7-8-5-6-9(7)2;;/h5-6H,3-4H2,1-2H3;1H;. The van der Waals surface area contributed by atoms with Crippen LogP contribution < -0.4 is 17.0 Å². The van der Waals surface area contributed by atoms with Gasteiger partial charge in [-0.3, -0.25) is 0 Å². The third-order valence-corrected chi connectivity index (χ3v) is 1.46. The van der Waals surface area contributed by atoms with Gasteiger partial charge in [-0.1, -0.05) is 6.92 Å². The van der Waals surface area contributed by atoms with E-state index in [-0.39, 0.29) is 29.5 Å². The molecule has 4 heteroatoms. The molecule has 0 saturated heterocycles. The summed E-state index contributed by atoms with van der Waals surface area (Å²) in [5, 5.41) is 0. The minimum absolute atomic E-state index is 0. The maximum atomic E-state index is 3.17. The minimum Gasteiger partial charge on any atom is -1.00 e. The molecule has 1 radical (unpaired) electrons. The molecule has 0 saturated carbocycles. The molecule has 0 atom stereocenters. The van der Waals surface area contributed by atoms with Crippen molar-refractivity contribution in [3.8, 4) is 0 Å². The number of imidazole rings is 1. The molecule has 1 heterocycles. The second-order valence-corrected chi connectivity index (χ2v) is 2.27. The van der Waals surface area contributed by atoms with Gasteiger partial charge in [0.05, 0.1) is 7.05 Å². The normalized spacial score (nSPS) is 8.18. The van der Waals surface area contributed by atoms with Crippen LogP contribution in [0.2, 0.25) is 0 Å². The van der Waals surface area contributed by atoms with Crippen molar-refractivity contribution in [2.24, 2.45) is 7.05 Å². The molecule has 1 aromatic rings. The van der Waals surface area contributed by atoms with Gasteiger partial charge in [-0.25, -0.2) is 9.55 Å². The summed E-state index contributed by atoms with van der Waals surface area (Å²) < 4.78 is 2.11. The Balaban J connectivity index is 0. The van der Waals surface area contributed by atoms with E-state index < -0.39 is 0 Å². The van der Waals surface area contributed by atoms with Gasteiger partial charge in [-0.05, 0) is 6.42 Å². The van der Waals surface area contributed by atoms with Crippen LogP contribution in [-0.4, -0.2) is 4.98 Å². The smallest absolute Gasteiger partial charge is 0.253 e. The first-order valence-electron chi connectivity index (χ1n) is 3.36. The molecule has 0 aliphatic heterocycles. The number of aromatic nitrogens is 2. The van der Waals surface area contributed by atoms with E-state index in [2.05, 4.69) is 23.5 Å². The van der Waals surface area contributed by atoms with Crippen LogP contribution in [0.1, 0.15) is 19.2 Å². The Bertz CT molecular complexity index is 188. The SMILES string of the molecule is CCCc1[nH]cc[n+]1C.[Cl-].[Cu]. The Hall–Kier alpha value is 0.0195. The summed E-state index contributed by atoms with van der Waals surface area (Å²) in [5.41, 5.74) is 0. The Labute approximate surface area is 84.3 Å². The molecule has 1 rings (SSSR count). The molecular formula is C7H13ClCuN2. The number of hydrogen-bond acceptors (Lipinski definition) is 0. The molecule has 0 spiro atoms. The van der Waals surface area contributed by atoms with E-state index in [1.165, 1.54) is 12.2 Å². The number of hydrogen-bond donors (Lipinski definition) is 1. The zero-order valence-electron chi connectivity index (χ0n) is 6.70. The predicted octanol–water partition coefficient (Wildman–Crippen LogP) is -2.21. The van der Waals surface area contributed by atoms with Crippen LogP contribution in [0.3, 0.4) is 0 Å². The summed E-state index contributed by atoms with van der Waals surface area (Å²) in [4.78, 5) is 3.17. The maximum absolute atomic E-state index is 3.17. The van der Waals surface area contributed by atoms with Gasteiger partial charge in [-0.2, -0.15) is 0 Å². The van der Waals surface area contributed by atoms with Crippen molar-refractivity contribution in [3.63, 3.8) is 0 Å². The number of aromatic amines is 1. The average Bonchev–Trinajstić information content (AvgIpc) is 2.18. The van der Waals surface area contributed by atoms with Gasteiger partial charge in [-0.15, -0.1) is 0 Å². The molecule has 1 aromatic heterocycles. The minimum atomic E-state index is 0. The van der Waals surface area contributed by atoms with Crippen molar-refractivity contribution < 1.29 is 34.0 Å². The first-order chi connectivity index (χ1) is 4.34. The summed E-state index contributed by atoms with van der Waals surface area (Å²) in [7, 11) is 2.06. The molecule has 0 aromatic carbocycles. The molecule has 0 aliphatic rings. The topological polar surface area (TPSA) is 19.7 Å². The fourth-order valence-electron chi connectivity index (χ4n) is 0.922. The summed E-state index contributed by atoms with van der Waals surface area (Å²) in [6.07, 6.45) is 6.34. The molecule has 0 amide bonds. The Morgan fingerprint density at radius 2 is 2.18 bits per heavy atom. The van der Waals surface area contributed by atoms with Crippen molar-refractivity contribution in [2.75, 3.05) is 0 Å². The Morgan fingerprint density at radius 1 is 1.55 bits per heavy atom. The van der Waals surface area contributed by atoms with E-state index in [4.69, 9.17) is 0 Å². The van der Waals surface area contributed by atoms with Gasteiger partial charge in [0, 0.05) is 23.5 Å². The second-order valence-electron chi connectivity index (χ2n) is 2.27. The monoisotopic (exact) mass is 223 g/mol. The van der Waals surface area contributed by atoms with E-state index in [0.29, 0.717) is 0 Å². The summed E-state index contributed by atoms with van der Waals surface area (Å²) >= 11 is 0. The summed E-state index contributed by atoms with van der Waals surface area (Å²) in [6.45, 7) is 2.18. The van der Waals surface area contributed by atoms with Gasteiger partial charge in [0.25, 0.3) is 5.82 Å². The predicted molar refractivity (Wildman–Crippen MR) is 36.0 cm³/mol. The number of rotatable bonds is 2. The fraction of sp³-hybridized carbons (Fsp3) is 0.571. The van der Waals surface area contributed by atoms with Gasteiger partial charge < -0.3 is 12.4 Å². The zero-order valence-corrected chi connectivity index (χ0v) is 8.39. The third kappa shape index (κ3) is 3.80. The number of aryl methyl sites for hydroxylation is 2. The summed E-state index contributed by atoms with van der Waals surface area (Å²) in [5.74, 6) is 1.30. The molecule has 0 fully saturated rings. The van der Waals surface area contributed by atoms with Gasteiger partial charge in [0.1, 0.15) is 12.4 Å².